The third kappa shape index (κ3) is 6.94. The van der Waals surface area contributed by atoms with E-state index < -0.39 is 5.97 Å². The number of rotatable bonds is 8. The van der Waals surface area contributed by atoms with E-state index in [0.717, 1.165) is 29.9 Å². The summed E-state index contributed by atoms with van der Waals surface area (Å²) in [6.07, 6.45) is -0.0686. The Bertz CT molecular complexity index is 1410. The first-order chi connectivity index (χ1) is 19.8. The maximum Gasteiger partial charge on any atom is 0.320 e. The van der Waals surface area contributed by atoms with Gasteiger partial charge in [-0.25, -0.2) is 4.79 Å². The van der Waals surface area contributed by atoms with Gasteiger partial charge in [-0.15, -0.1) is 0 Å². The largest absolute Gasteiger partial charge is 0.481 e. The molecule has 2 aliphatic heterocycles. The van der Waals surface area contributed by atoms with Crippen molar-refractivity contribution < 1.29 is 19.5 Å². The molecule has 2 heterocycles. The van der Waals surface area contributed by atoms with Crippen LogP contribution in [0.3, 0.4) is 0 Å². The van der Waals surface area contributed by atoms with Gasteiger partial charge in [0.15, 0.2) is 0 Å². The maximum absolute atomic E-state index is 13.7. The topological polar surface area (TPSA) is 84.4 Å². The molecule has 5 rings (SSSR count). The van der Waals surface area contributed by atoms with Crippen LogP contribution in [-0.4, -0.2) is 77.0 Å². The van der Waals surface area contributed by atoms with E-state index in [1.807, 2.05) is 41.3 Å². The molecule has 0 radical (unpaired) electrons. The molecule has 41 heavy (non-hydrogen) atoms. The Labute approximate surface area is 249 Å². The number of halogens is 2. The average Bonchev–Trinajstić information content (AvgIpc) is 2.97. The number of piperazine rings is 1. The van der Waals surface area contributed by atoms with Crippen LogP contribution in [0, 0.1) is 5.92 Å². The first-order valence-corrected chi connectivity index (χ1v) is 14.4. The van der Waals surface area contributed by atoms with Crippen molar-refractivity contribution in [3.63, 3.8) is 0 Å². The smallest absolute Gasteiger partial charge is 0.320 e. The highest BCUT2D eigenvalue weighted by atomic mass is 35.5. The zero-order valence-electron chi connectivity index (χ0n) is 22.6. The monoisotopic (exact) mass is 594 g/mol. The van der Waals surface area contributed by atoms with E-state index in [9.17, 15) is 19.5 Å². The number of carbonyl (C=O) groups is 3. The number of benzene rings is 3. The molecule has 8 nitrogen and oxygen atoms in total. The number of carboxylic acid groups (broad SMARTS) is 1. The minimum atomic E-state index is -0.918. The number of para-hydroxylation sites is 1. The van der Waals surface area contributed by atoms with E-state index in [1.54, 1.807) is 34.1 Å². The second-order valence-corrected chi connectivity index (χ2v) is 11.4. The minimum absolute atomic E-state index is 0.0651. The summed E-state index contributed by atoms with van der Waals surface area (Å²) in [7, 11) is 0. The third-order valence-electron chi connectivity index (χ3n) is 7.64. The number of hydrogen-bond acceptors (Lipinski definition) is 4. The molecule has 1 N–H and O–H groups in total. The summed E-state index contributed by atoms with van der Waals surface area (Å²) in [5.74, 6) is -1.26. The van der Waals surface area contributed by atoms with E-state index in [-0.39, 0.29) is 43.9 Å². The lowest BCUT2D eigenvalue weighted by molar-refractivity contribution is -0.138. The summed E-state index contributed by atoms with van der Waals surface area (Å²) in [4.78, 5) is 46.3. The molecule has 214 valence electrons. The van der Waals surface area contributed by atoms with Crippen LogP contribution in [-0.2, 0) is 17.9 Å². The number of urea groups is 1. The predicted molar refractivity (Wildman–Crippen MR) is 159 cm³/mol. The van der Waals surface area contributed by atoms with Gasteiger partial charge in [-0.2, -0.15) is 0 Å². The average molecular weight is 596 g/mol. The van der Waals surface area contributed by atoms with Crippen molar-refractivity contribution in [2.75, 3.05) is 44.2 Å². The Balaban J connectivity index is 1.31. The molecule has 1 unspecified atom stereocenters. The van der Waals surface area contributed by atoms with Gasteiger partial charge in [0.2, 0.25) is 0 Å². The van der Waals surface area contributed by atoms with Crippen molar-refractivity contribution in [3.05, 3.63) is 99.5 Å². The maximum atomic E-state index is 13.7. The molecule has 0 saturated carbocycles. The van der Waals surface area contributed by atoms with Crippen molar-refractivity contribution in [2.24, 2.45) is 5.92 Å². The molecule has 0 aromatic heterocycles. The number of nitrogens with zero attached hydrogens (tertiary/aromatic N) is 4. The van der Waals surface area contributed by atoms with Gasteiger partial charge in [0.05, 0.1) is 6.42 Å². The molecule has 0 spiro atoms. The number of carbonyl (C=O) groups excluding carboxylic acids is 2. The second kappa shape index (κ2) is 12.8. The van der Waals surface area contributed by atoms with Crippen molar-refractivity contribution >= 4 is 46.8 Å². The van der Waals surface area contributed by atoms with Crippen LogP contribution in [0.4, 0.5) is 10.5 Å². The van der Waals surface area contributed by atoms with E-state index in [2.05, 4.69) is 17.0 Å². The summed E-state index contributed by atoms with van der Waals surface area (Å²) < 4.78 is 0. The molecule has 3 aromatic rings. The standard InChI is InChI=1S/C31H32Cl2N4O4/c32-25-11-10-24(28(33)17-25)21-37-19-22(16-29(38)39)18-36(31(37)41)20-23-6-4-5-9-27(23)30(40)35-14-12-34(13-15-35)26-7-2-1-3-8-26/h1-11,17,22H,12-16,18-21H2,(H,38,39). The van der Waals surface area contributed by atoms with Crippen LogP contribution in [0.25, 0.3) is 0 Å². The fourth-order valence-corrected chi connectivity index (χ4v) is 6.05. The fraction of sp³-hybridized carbons (Fsp3) is 0.323. The highest BCUT2D eigenvalue weighted by molar-refractivity contribution is 6.35. The van der Waals surface area contributed by atoms with Crippen molar-refractivity contribution in [3.8, 4) is 0 Å². The molecule has 3 aromatic carbocycles. The zero-order chi connectivity index (χ0) is 28.9. The SMILES string of the molecule is O=C(O)CC1CN(Cc2ccc(Cl)cc2Cl)C(=O)N(Cc2ccccc2C(=O)N2CCN(c3ccccc3)CC2)C1. The first kappa shape index (κ1) is 28.8. The van der Waals surface area contributed by atoms with Crippen LogP contribution in [0.5, 0.6) is 0 Å². The lowest BCUT2D eigenvalue weighted by Gasteiger charge is -2.40. The van der Waals surface area contributed by atoms with Crippen LogP contribution in [0.15, 0.2) is 72.8 Å². The highest BCUT2D eigenvalue weighted by Crippen LogP contribution is 2.27. The number of carboxylic acids is 1. The van der Waals surface area contributed by atoms with E-state index in [0.29, 0.717) is 35.2 Å². The molecule has 0 bridgehead atoms. The quantitative estimate of drug-likeness (QED) is 0.373. The fourth-order valence-electron chi connectivity index (χ4n) is 5.58. The molecule has 10 heteroatoms. The molecular weight excluding hydrogens is 563 g/mol. The normalized spacial score (nSPS) is 17.6. The molecule has 2 saturated heterocycles. The van der Waals surface area contributed by atoms with E-state index >= 15 is 0 Å². The van der Waals surface area contributed by atoms with Gasteiger partial charge >= 0.3 is 12.0 Å². The minimum Gasteiger partial charge on any atom is -0.481 e. The Kier molecular flexibility index (Phi) is 9.00. The van der Waals surface area contributed by atoms with Crippen LogP contribution < -0.4 is 4.90 Å². The Hall–Kier alpha value is -3.75. The summed E-state index contributed by atoms with van der Waals surface area (Å²) in [6.45, 7) is 3.69. The number of anilines is 1. The Morgan fingerprint density at radius 3 is 2.10 bits per heavy atom. The van der Waals surface area contributed by atoms with Crippen molar-refractivity contribution in [2.45, 2.75) is 19.5 Å². The first-order valence-electron chi connectivity index (χ1n) is 13.6. The lowest BCUT2D eigenvalue weighted by atomic mass is 9.99. The van der Waals surface area contributed by atoms with Gasteiger partial charge in [-0.3, -0.25) is 9.59 Å². The molecule has 2 fully saturated rings. The van der Waals surface area contributed by atoms with E-state index in [4.69, 9.17) is 23.2 Å². The van der Waals surface area contributed by atoms with Crippen LogP contribution in [0.1, 0.15) is 27.9 Å². The molecule has 1 atom stereocenters. The molecule has 0 aliphatic carbocycles. The van der Waals surface area contributed by atoms with Gasteiger partial charge in [-0.1, -0.05) is 65.7 Å². The van der Waals surface area contributed by atoms with Gasteiger partial charge < -0.3 is 24.7 Å². The second-order valence-electron chi connectivity index (χ2n) is 10.5. The molecule has 2 aliphatic rings. The molecular formula is C31H32Cl2N4O4. The van der Waals surface area contributed by atoms with Gasteiger partial charge in [0.1, 0.15) is 0 Å². The number of amides is 3. The molecule has 3 amide bonds. The Morgan fingerprint density at radius 2 is 1.44 bits per heavy atom. The zero-order valence-corrected chi connectivity index (χ0v) is 24.1. The van der Waals surface area contributed by atoms with Crippen LogP contribution in [0.2, 0.25) is 10.0 Å². The van der Waals surface area contributed by atoms with Gasteiger partial charge in [0, 0.05) is 79.6 Å². The van der Waals surface area contributed by atoms with Crippen molar-refractivity contribution in [1.82, 2.24) is 14.7 Å². The summed E-state index contributed by atoms with van der Waals surface area (Å²) in [5, 5.41) is 10.4. The highest BCUT2D eigenvalue weighted by Gasteiger charge is 2.34. The third-order valence-corrected chi connectivity index (χ3v) is 8.22. The van der Waals surface area contributed by atoms with E-state index in [1.165, 1.54) is 0 Å². The summed E-state index contributed by atoms with van der Waals surface area (Å²) in [5.41, 5.74) is 3.16. The number of hydrogen-bond donors (Lipinski definition) is 1. The van der Waals surface area contributed by atoms with Gasteiger partial charge in [0.25, 0.3) is 5.91 Å². The van der Waals surface area contributed by atoms with Crippen molar-refractivity contribution in [1.29, 1.82) is 0 Å². The lowest BCUT2D eigenvalue weighted by Crippen LogP contribution is -2.53. The predicted octanol–water partition coefficient (Wildman–Crippen LogP) is 5.48. The Morgan fingerprint density at radius 1 is 0.805 bits per heavy atom. The van der Waals surface area contributed by atoms with Gasteiger partial charge in [-0.05, 0) is 41.5 Å². The van der Waals surface area contributed by atoms with Crippen LogP contribution >= 0.6 is 23.2 Å². The number of aliphatic carboxylic acids is 1. The summed E-state index contributed by atoms with van der Waals surface area (Å²) >= 11 is 12.4. The summed E-state index contributed by atoms with van der Waals surface area (Å²) in [6, 6.07) is 22.4.